The standard InChI is InChI=1S/C10H12F5N3O/c11-9(12)5-18(1-2-19)7-3-8(10(13,14)15)17-4-6(7)16/h3-4,9,19H,1-2,5,16H2. The number of aliphatic hydroxyl groups is 1. The molecule has 1 aromatic rings. The van der Waals surface area contributed by atoms with Gasteiger partial charge in [0.1, 0.15) is 5.69 Å². The molecule has 4 nitrogen and oxygen atoms in total. The van der Waals surface area contributed by atoms with E-state index in [0.717, 1.165) is 11.1 Å². The molecule has 0 atom stereocenters. The van der Waals surface area contributed by atoms with E-state index in [-0.39, 0.29) is 17.9 Å². The van der Waals surface area contributed by atoms with Gasteiger partial charge < -0.3 is 15.7 Å². The minimum Gasteiger partial charge on any atom is -0.396 e. The normalized spacial score (nSPS) is 11.9. The summed E-state index contributed by atoms with van der Waals surface area (Å²) < 4.78 is 62.2. The largest absolute Gasteiger partial charge is 0.433 e. The maximum atomic E-state index is 12.5. The van der Waals surface area contributed by atoms with E-state index in [0.29, 0.717) is 6.07 Å². The van der Waals surface area contributed by atoms with Crippen LogP contribution in [0.3, 0.4) is 0 Å². The summed E-state index contributed by atoms with van der Waals surface area (Å²) in [5.74, 6) is 0. The van der Waals surface area contributed by atoms with Crippen LogP contribution in [-0.4, -0.2) is 36.2 Å². The molecule has 1 heterocycles. The summed E-state index contributed by atoms with van der Waals surface area (Å²) in [5, 5.41) is 8.77. The topological polar surface area (TPSA) is 62.4 Å². The van der Waals surface area contributed by atoms with Gasteiger partial charge in [-0.3, -0.25) is 0 Å². The molecule has 0 aliphatic rings. The quantitative estimate of drug-likeness (QED) is 0.809. The van der Waals surface area contributed by atoms with Crippen LogP contribution in [0.1, 0.15) is 5.69 Å². The predicted molar refractivity (Wildman–Crippen MR) is 59.0 cm³/mol. The van der Waals surface area contributed by atoms with E-state index in [2.05, 4.69) is 4.98 Å². The number of halogens is 5. The lowest BCUT2D eigenvalue weighted by molar-refractivity contribution is -0.141. The number of alkyl halides is 5. The van der Waals surface area contributed by atoms with Crippen LogP contribution in [0.4, 0.5) is 33.3 Å². The van der Waals surface area contributed by atoms with Gasteiger partial charge in [-0.2, -0.15) is 13.2 Å². The molecule has 0 spiro atoms. The number of aromatic nitrogens is 1. The monoisotopic (exact) mass is 285 g/mol. The molecule has 0 aromatic carbocycles. The van der Waals surface area contributed by atoms with Crippen LogP contribution in [-0.2, 0) is 6.18 Å². The van der Waals surface area contributed by atoms with Crippen molar-refractivity contribution in [3.8, 4) is 0 Å². The highest BCUT2D eigenvalue weighted by atomic mass is 19.4. The second kappa shape index (κ2) is 6.00. The van der Waals surface area contributed by atoms with Crippen LogP contribution < -0.4 is 10.6 Å². The molecule has 108 valence electrons. The SMILES string of the molecule is Nc1cnc(C(F)(F)F)cc1N(CCO)CC(F)F. The Kier molecular flexibility index (Phi) is 4.87. The number of rotatable bonds is 5. The third kappa shape index (κ3) is 4.19. The van der Waals surface area contributed by atoms with Crippen molar-refractivity contribution in [2.45, 2.75) is 12.6 Å². The first-order chi connectivity index (χ1) is 8.75. The molecule has 0 aliphatic carbocycles. The van der Waals surface area contributed by atoms with E-state index in [1.54, 1.807) is 0 Å². The highest BCUT2D eigenvalue weighted by Crippen LogP contribution is 2.32. The van der Waals surface area contributed by atoms with Crippen molar-refractivity contribution in [3.63, 3.8) is 0 Å². The van der Waals surface area contributed by atoms with E-state index in [1.165, 1.54) is 0 Å². The molecule has 3 N–H and O–H groups in total. The fraction of sp³-hybridized carbons (Fsp3) is 0.500. The van der Waals surface area contributed by atoms with E-state index in [9.17, 15) is 22.0 Å². The second-order valence-corrected chi connectivity index (χ2v) is 3.69. The number of anilines is 2. The zero-order valence-electron chi connectivity index (χ0n) is 9.66. The number of pyridine rings is 1. The first-order valence-corrected chi connectivity index (χ1v) is 5.22. The summed E-state index contributed by atoms with van der Waals surface area (Å²) in [4.78, 5) is 3.99. The summed E-state index contributed by atoms with van der Waals surface area (Å²) >= 11 is 0. The molecule has 0 fully saturated rings. The van der Waals surface area contributed by atoms with Gasteiger partial charge in [-0.05, 0) is 6.07 Å². The molecular weight excluding hydrogens is 273 g/mol. The third-order valence-electron chi connectivity index (χ3n) is 2.27. The average Bonchev–Trinajstić information content (AvgIpc) is 2.27. The molecule has 1 rings (SSSR count). The van der Waals surface area contributed by atoms with E-state index in [4.69, 9.17) is 10.8 Å². The van der Waals surface area contributed by atoms with Gasteiger partial charge in [0, 0.05) is 6.54 Å². The average molecular weight is 285 g/mol. The number of aliphatic hydroxyl groups excluding tert-OH is 1. The third-order valence-corrected chi connectivity index (χ3v) is 2.27. The maximum Gasteiger partial charge on any atom is 0.433 e. The maximum absolute atomic E-state index is 12.5. The van der Waals surface area contributed by atoms with E-state index >= 15 is 0 Å². The highest BCUT2D eigenvalue weighted by Gasteiger charge is 2.33. The molecule has 0 saturated heterocycles. The molecule has 0 amide bonds. The number of hydrogen-bond donors (Lipinski definition) is 2. The smallest absolute Gasteiger partial charge is 0.396 e. The van der Waals surface area contributed by atoms with Crippen LogP contribution >= 0.6 is 0 Å². The summed E-state index contributed by atoms with van der Waals surface area (Å²) in [5.41, 5.74) is 3.82. The first kappa shape index (κ1) is 15.4. The highest BCUT2D eigenvalue weighted by molar-refractivity contribution is 5.67. The fourth-order valence-corrected chi connectivity index (χ4v) is 1.48. The van der Waals surface area contributed by atoms with Gasteiger partial charge in [-0.1, -0.05) is 0 Å². The van der Waals surface area contributed by atoms with Crippen LogP contribution in [0.5, 0.6) is 0 Å². The molecule has 0 radical (unpaired) electrons. The Hall–Kier alpha value is -1.64. The lowest BCUT2D eigenvalue weighted by atomic mass is 10.2. The van der Waals surface area contributed by atoms with Gasteiger partial charge in [0.05, 0.1) is 30.7 Å². The Labute approximate surface area is 105 Å². The van der Waals surface area contributed by atoms with Crippen LogP contribution in [0, 0.1) is 0 Å². The van der Waals surface area contributed by atoms with Crippen LogP contribution in [0.2, 0.25) is 0 Å². The summed E-state index contributed by atoms with van der Waals surface area (Å²) in [6, 6.07) is 0.591. The van der Waals surface area contributed by atoms with Gasteiger partial charge in [-0.15, -0.1) is 0 Å². The van der Waals surface area contributed by atoms with Gasteiger partial charge in [-0.25, -0.2) is 13.8 Å². The van der Waals surface area contributed by atoms with Crippen LogP contribution in [0.15, 0.2) is 12.3 Å². The molecule has 0 bridgehead atoms. The predicted octanol–water partition coefficient (Wildman–Crippen LogP) is 1.75. The number of nitrogen functional groups attached to an aromatic ring is 1. The first-order valence-electron chi connectivity index (χ1n) is 5.22. The molecule has 0 unspecified atom stereocenters. The fourth-order valence-electron chi connectivity index (χ4n) is 1.48. The van der Waals surface area contributed by atoms with Gasteiger partial charge in [0.25, 0.3) is 6.43 Å². The molecule has 0 saturated carbocycles. The molecule has 19 heavy (non-hydrogen) atoms. The van der Waals surface area contributed by atoms with Crippen molar-refractivity contribution in [2.24, 2.45) is 0 Å². The lowest BCUT2D eigenvalue weighted by Gasteiger charge is -2.25. The molecular formula is C10H12F5N3O. The summed E-state index contributed by atoms with van der Waals surface area (Å²) in [6.07, 6.45) is -6.71. The zero-order valence-corrected chi connectivity index (χ0v) is 9.66. The Morgan fingerprint density at radius 3 is 2.47 bits per heavy atom. The lowest BCUT2D eigenvalue weighted by Crippen LogP contribution is -2.32. The minimum absolute atomic E-state index is 0.165. The summed E-state index contributed by atoms with van der Waals surface area (Å²) in [6.45, 7) is -1.57. The van der Waals surface area contributed by atoms with Gasteiger partial charge >= 0.3 is 6.18 Å². The minimum atomic E-state index is -4.70. The van der Waals surface area contributed by atoms with Gasteiger partial charge in [0.15, 0.2) is 0 Å². The number of nitrogens with two attached hydrogens (primary N) is 1. The Morgan fingerprint density at radius 2 is 2.00 bits per heavy atom. The number of hydrogen-bond acceptors (Lipinski definition) is 4. The van der Waals surface area contributed by atoms with Gasteiger partial charge in [0.2, 0.25) is 0 Å². The van der Waals surface area contributed by atoms with Crippen molar-refractivity contribution in [2.75, 3.05) is 30.3 Å². The van der Waals surface area contributed by atoms with E-state index in [1.807, 2.05) is 0 Å². The van der Waals surface area contributed by atoms with Crippen molar-refractivity contribution in [3.05, 3.63) is 18.0 Å². The van der Waals surface area contributed by atoms with Crippen LogP contribution in [0.25, 0.3) is 0 Å². The van der Waals surface area contributed by atoms with Crippen molar-refractivity contribution >= 4 is 11.4 Å². The zero-order chi connectivity index (χ0) is 14.6. The second-order valence-electron chi connectivity index (χ2n) is 3.69. The molecule has 9 heteroatoms. The molecule has 1 aromatic heterocycles. The Balaban J connectivity index is 3.13. The van der Waals surface area contributed by atoms with Crippen molar-refractivity contribution in [1.82, 2.24) is 4.98 Å². The summed E-state index contributed by atoms with van der Waals surface area (Å²) in [7, 11) is 0. The van der Waals surface area contributed by atoms with Crippen molar-refractivity contribution < 1.29 is 27.1 Å². The Morgan fingerprint density at radius 1 is 1.37 bits per heavy atom. The number of nitrogens with zero attached hydrogens (tertiary/aromatic N) is 2. The molecule has 0 aliphatic heterocycles. The van der Waals surface area contributed by atoms with E-state index < -0.39 is 31.4 Å². The van der Waals surface area contributed by atoms with Crippen molar-refractivity contribution in [1.29, 1.82) is 0 Å². The Bertz CT molecular complexity index is 424.